The maximum absolute atomic E-state index is 12.5. The summed E-state index contributed by atoms with van der Waals surface area (Å²) in [6.07, 6.45) is 2.54. The molecule has 0 fully saturated rings. The van der Waals surface area contributed by atoms with Gasteiger partial charge in [-0.3, -0.25) is 9.69 Å². The highest BCUT2D eigenvalue weighted by molar-refractivity contribution is 6.32. The Labute approximate surface area is 174 Å². The number of halogens is 1. The second-order valence-electron chi connectivity index (χ2n) is 7.26. The molecule has 1 N–H and O–H groups in total. The van der Waals surface area contributed by atoms with Gasteiger partial charge < -0.3 is 14.1 Å². The molecule has 1 aromatic carbocycles. The van der Waals surface area contributed by atoms with Gasteiger partial charge in [-0.25, -0.2) is 4.98 Å². The van der Waals surface area contributed by atoms with Crippen LogP contribution in [0, 0.1) is 0 Å². The lowest BCUT2D eigenvalue weighted by Gasteiger charge is -2.26. The van der Waals surface area contributed by atoms with Crippen molar-refractivity contribution < 1.29 is 9.15 Å². The largest absolute Gasteiger partial charge is 0.495 e. The van der Waals surface area contributed by atoms with Gasteiger partial charge in [-0.2, -0.15) is 0 Å². The van der Waals surface area contributed by atoms with Crippen molar-refractivity contribution in [2.24, 2.45) is 0 Å². The number of aromatic nitrogens is 2. The highest BCUT2D eigenvalue weighted by Gasteiger charge is 2.22. The zero-order valence-corrected chi connectivity index (χ0v) is 17.4. The Morgan fingerprint density at radius 1 is 1.31 bits per heavy atom. The standard InChI is InChI=1S/C22H24ClN3O3/c1-3-4-21-24-18-9-10-26(13-16(18)22(27)25-21)12-15-6-8-19(29-15)14-5-7-20(28-2)17(23)11-14/h5-8,11H,3-4,9-10,12-13H2,1-2H3,(H,24,25,27). The Morgan fingerprint density at radius 3 is 2.93 bits per heavy atom. The van der Waals surface area contributed by atoms with Crippen molar-refractivity contribution in [3.8, 4) is 17.1 Å². The lowest BCUT2D eigenvalue weighted by atomic mass is 10.1. The molecule has 0 spiro atoms. The fourth-order valence-electron chi connectivity index (χ4n) is 3.68. The summed E-state index contributed by atoms with van der Waals surface area (Å²) in [5.41, 5.74) is 2.58. The van der Waals surface area contributed by atoms with Gasteiger partial charge in [-0.1, -0.05) is 18.5 Å². The number of furan rings is 1. The molecular weight excluding hydrogens is 390 g/mol. The van der Waals surface area contributed by atoms with Gasteiger partial charge >= 0.3 is 0 Å². The molecule has 0 amide bonds. The van der Waals surface area contributed by atoms with E-state index in [0.29, 0.717) is 23.9 Å². The van der Waals surface area contributed by atoms with Crippen LogP contribution in [0.5, 0.6) is 5.75 Å². The fourth-order valence-corrected chi connectivity index (χ4v) is 3.94. The van der Waals surface area contributed by atoms with E-state index in [1.165, 1.54) is 0 Å². The number of nitrogens with one attached hydrogen (secondary N) is 1. The summed E-state index contributed by atoms with van der Waals surface area (Å²) in [4.78, 5) is 22.2. The van der Waals surface area contributed by atoms with Crippen LogP contribution in [-0.2, 0) is 25.9 Å². The number of benzene rings is 1. The topological polar surface area (TPSA) is 71.4 Å². The van der Waals surface area contributed by atoms with Gasteiger partial charge in [0.05, 0.1) is 29.9 Å². The number of hydrogen-bond acceptors (Lipinski definition) is 5. The number of fused-ring (bicyclic) bond motifs is 1. The van der Waals surface area contributed by atoms with E-state index in [0.717, 1.165) is 60.0 Å². The summed E-state index contributed by atoms with van der Waals surface area (Å²) in [7, 11) is 1.59. The normalized spacial score (nSPS) is 14.0. The summed E-state index contributed by atoms with van der Waals surface area (Å²) in [5, 5.41) is 0.546. The predicted octanol–water partition coefficient (Wildman–Crippen LogP) is 4.20. The van der Waals surface area contributed by atoms with E-state index in [1.807, 2.05) is 30.3 Å². The molecule has 152 valence electrons. The minimum atomic E-state index is -0.0174. The molecule has 0 saturated heterocycles. The molecule has 0 saturated carbocycles. The number of nitrogens with zero attached hydrogens (tertiary/aromatic N) is 2. The minimum Gasteiger partial charge on any atom is -0.495 e. The van der Waals surface area contributed by atoms with E-state index in [4.69, 9.17) is 20.8 Å². The maximum Gasteiger partial charge on any atom is 0.255 e. The third kappa shape index (κ3) is 4.23. The SMILES string of the molecule is CCCc1nc2c(c(=O)[nH]1)CN(Cc1ccc(-c3ccc(OC)c(Cl)c3)o1)CC2. The molecule has 0 bridgehead atoms. The Bertz CT molecular complexity index is 1070. The molecule has 3 heterocycles. The molecule has 2 aromatic heterocycles. The van der Waals surface area contributed by atoms with Crippen molar-refractivity contribution in [3.63, 3.8) is 0 Å². The van der Waals surface area contributed by atoms with Crippen molar-refractivity contribution >= 4 is 11.6 Å². The van der Waals surface area contributed by atoms with Gasteiger partial charge in [0, 0.05) is 31.5 Å². The van der Waals surface area contributed by atoms with Crippen molar-refractivity contribution in [1.82, 2.24) is 14.9 Å². The monoisotopic (exact) mass is 413 g/mol. The summed E-state index contributed by atoms with van der Waals surface area (Å²) in [5.74, 6) is 3.03. The van der Waals surface area contributed by atoms with Gasteiger partial charge in [-0.05, 0) is 36.8 Å². The highest BCUT2D eigenvalue weighted by Crippen LogP contribution is 2.31. The van der Waals surface area contributed by atoms with Crippen LogP contribution < -0.4 is 10.3 Å². The van der Waals surface area contributed by atoms with Gasteiger partial charge in [0.15, 0.2) is 0 Å². The van der Waals surface area contributed by atoms with Crippen LogP contribution in [0.2, 0.25) is 5.02 Å². The van der Waals surface area contributed by atoms with Gasteiger partial charge in [0.25, 0.3) is 5.56 Å². The van der Waals surface area contributed by atoms with E-state index in [-0.39, 0.29) is 5.56 Å². The van der Waals surface area contributed by atoms with Gasteiger partial charge in [0.1, 0.15) is 23.1 Å². The first kappa shape index (κ1) is 19.7. The van der Waals surface area contributed by atoms with Crippen LogP contribution in [0.25, 0.3) is 11.3 Å². The molecular formula is C22H24ClN3O3. The van der Waals surface area contributed by atoms with Crippen molar-refractivity contribution in [2.75, 3.05) is 13.7 Å². The fraction of sp³-hybridized carbons (Fsp3) is 0.364. The highest BCUT2D eigenvalue weighted by atomic mass is 35.5. The van der Waals surface area contributed by atoms with Crippen LogP contribution in [0.4, 0.5) is 0 Å². The Balaban J connectivity index is 1.48. The van der Waals surface area contributed by atoms with E-state index in [9.17, 15) is 4.79 Å². The van der Waals surface area contributed by atoms with Gasteiger partial charge in [0.2, 0.25) is 0 Å². The van der Waals surface area contributed by atoms with Crippen LogP contribution >= 0.6 is 11.6 Å². The smallest absolute Gasteiger partial charge is 0.255 e. The average molecular weight is 414 g/mol. The molecule has 29 heavy (non-hydrogen) atoms. The van der Waals surface area contributed by atoms with Crippen molar-refractivity contribution in [3.05, 3.63) is 68.6 Å². The number of hydrogen-bond donors (Lipinski definition) is 1. The molecule has 1 aliphatic rings. The van der Waals surface area contributed by atoms with Crippen molar-refractivity contribution in [1.29, 1.82) is 0 Å². The van der Waals surface area contributed by atoms with Crippen molar-refractivity contribution in [2.45, 2.75) is 39.3 Å². The van der Waals surface area contributed by atoms with Gasteiger partial charge in [-0.15, -0.1) is 0 Å². The van der Waals surface area contributed by atoms with E-state index in [2.05, 4.69) is 21.8 Å². The van der Waals surface area contributed by atoms with Crippen LogP contribution in [0.15, 0.2) is 39.5 Å². The number of methoxy groups -OCH3 is 1. The molecule has 0 unspecified atom stereocenters. The first-order chi connectivity index (χ1) is 14.1. The summed E-state index contributed by atoms with van der Waals surface area (Å²) in [6.45, 7) is 4.14. The lowest BCUT2D eigenvalue weighted by Crippen LogP contribution is -2.35. The third-order valence-corrected chi connectivity index (χ3v) is 5.46. The predicted molar refractivity (Wildman–Crippen MR) is 112 cm³/mol. The zero-order chi connectivity index (χ0) is 20.4. The molecule has 0 aliphatic carbocycles. The van der Waals surface area contributed by atoms with Crippen LogP contribution in [0.1, 0.15) is 36.2 Å². The molecule has 4 rings (SSSR count). The molecule has 7 heteroatoms. The number of rotatable bonds is 6. The summed E-state index contributed by atoms with van der Waals surface area (Å²) >= 11 is 6.22. The molecule has 6 nitrogen and oxygen atoms in total. The minimum absolute atomic E-state index is 0.0174. The quantitative estimate of drug-likeness (QED) is 0.655. The second-order valence-corrected chi connectivity index (χ2v) is 7.67. The second kappa shape index (κ2) is 8.43. The third-order valence-electron chi connectivity index (χ3n) is 5.16. The molecule has 1 aliphatic heterocycles. The number of H-pyrrole nitrogens is 1. The van der Waals surface area contributed by atoms with Crippen LogP contribution in [-0.4, -0.2) is 28.5 Å². The van der Waals surface area contributed by atoms with E-state index >= 15 is 0 Å². The molecule has 3 aromatic rings. The number of aromatic amines is 1. The van der Waals surface area contributed by atoms with Crippen LogP contribution in [0.3, 0.4) is 0 Å². The Kier molecular flexibility index (Phi) is 5.74. The Hall–Kier alpha value is -2.57. The number of ether oxygens (including phenoxy) is 1. The maximum atomic E-state index is 12.5. The first-order valence-electron chi connectivity index (χ1n) is 9.83. The Morgan fingerprint density at radius 2 is 2.17 bits per heavy atom. The molecule has 0 radical (unpaired) electrons. The average Bonchev–Trinajstić information content (AvgIpc) is 3.17. The van der Waals surface area contributed by atoms with E-state index in [1.54, 1.807) is 7.11 Å². The van der Waals surface area contributed by atoms with E-state index < -0.39 is 0 Å². The summed E-state index contributed by atoms with van der Waals surface area (Å²) < 4.78 is 11.2. The summed E-state index contributed by atoms with van der Waals surface area (Å²) in [6, 6.07) is 9.49. The lowest BCUT2D eigenvalue weighted by molar-refractivity contribution is 0.223. The zero-order valence-electron chi connectivity index (χ0n) is 16.6. The first-order valence-corrected chi connectivity index (χ1v) is 10.2. The number of aryl methyl sites for hydroxylation is 1. The molecule has 0 atom stereocenters.